The van der Waals surface area contributed by atoms with Crippen molar-refractivity contribution in [3.8, 4) is 0 Å². The Morgan fingerprint density at radius 3 is 2.25 bits per heavy atom. The molecule has 2 nitrogen and oxygen atoms in total. The van der Waals surface area contributed by atoms with Gasteiger partial charge in [-0.05, 0) is 59.9 Å². The van der Waals surface area contributed by atoms with Crippen LogP contribution in [0.15, 0.2) is 42.5 Å². The molecule has 0 bridgehead atoms. The van der Waals surface area contributed by atoms with Crippen molar-refractivity contribution in [2.45, 2.75) is 24.4 Å². The van der Waals surface area contributed by atoms with Crippen LogP contribution in [-0.4, -0.2) is 19.3 Å². The molecule has 3 rings (SSSR count). The van der Waals surface area contributed by atoms with Gasteiger partial charge in [0, 0.05) is 10.0 Å². The van der Waals surface area contributed by atoms with Crippen LogP contribution in [0.2, 0.25) is 15.1 Å². The van der Waals surface area contributed by atoms with Crippen LogP contribution in [0.5, 0.6) is 0 Å². The summed E-state index contributed by atoms with van der Waals surface area (Å²) in [4.78, 5) is 11.7. The molecule has 0 radical (unpaired) electrons. The van der Waals surface area contributed by atoms with Crippen LogP contribution in [-0.2, 0) is 10.2 Å². The fourth-order valence-corrected chi connectivity index (χ4v) is 4.20. The van der Waals surface area contributed by atoms with E-state index < -0.39 is 17.6 Å². The Morgan fingerprint density at radius 2 is 1.71 bits per heavy atom. The third kappa shape index (κ3) is 3.76. The van der Waals surface area contributed by atoms with Crippen molar-refractivity contribution in [3.63, 3.8) is 0 Å². The molecule has 0 fully saturated rings. The second kappa shape index (κ2) is 7.62. The van der Waals surface area contributed by atoms with Crippen LogP contribution < -0.4 is 0 Å². The van der Waals surface area contributed by atoms with E-state index in [0.29, 0.717) is 11.1 Å². The van der Waals surface area contributed by atoms with E-state index in [4.69, 9.17) is 34.8 Å². The number of carbonyl (C=O) groups is 1. The van der Waals surface area contributed by atoms with Crippen molar-refractivity contribution in [1.82, 2.24) is 0 Å². The number of hydrogen-bond acceptors (Lipinski definition) is 2. The number of benzene rings is 2. The zero-order valence-corrected chi connectivity index (χ0v) is 16.8. The first-order chi connectivity index (χ1) is 13.1. The smallest absolute Gasteiger partial charge is 0.401 e. The summed E-state index contributed by atoms with van der Waals surface area (Å²) in [5.41, 5.74) is -1.08. The Kier molecular flexibility index (Phi) is 5.72. The highest BCUT2D eigenvalue weighted by atomic mass is 35.5. The third-order valence-corrected chi connectivity index (χ3v) is 5.59. The monoisotopic (exact) mass is 448 g/mol. The van der Waals surface area contributed by atoms with Crippen molar-refractivity contribution in [2.24, 2.45) is 0 Å². The molecule has 0 heterocycles. The Hall–Kier alpha value is -1.69. The maximum absolute atomic E-state index is 14.1. The number of esters is 1. The molecule has 1 aliphatic rings. The van der Waals surface area contributed by atoms with Gasteiger partial charge >= 0.3 is 12.1 Å². The lowest BCUT2D eigenvalue weighted by molar-refractivity contribution is -0.175. The summed E-state index contributed by atoms with van der Waals surface area (Å²) in [6.07, 6.45) is -3.35. The molecule has 1 unspecified atom stereocenters. The minimum absolute atomic E-state index is 0.00946. The fourth-order valence-electron chi connectivity index (χ4n) is 3.42. The van der Waals surface area contributed by atoms with E-state index in [1.807, 2.05) is 0 Å². The number of alkyl halides is 3. The first-order valence-corrected chi connectivity index (χ1v) is 9.34. The molecule has 8 heteroatoms. The van der Waals surface area contributed by atoms with Gasteiger partial charge in [0.05, 0.1) is 17.7 Å². The lowest BCUT2D eigenvalue weighted by Gasteiger charge is -2.31. The van der Waals surface area contributed by atoms with Crippen molar-refractivity contribution in [1.29, 1.82) is 0 Å². The average molecular weight is 450 g/mol. The lowest BCUT2D eigenvalue weighted by Crippen LogP contribution is -2.39. The topological polar surface area (TPSA) is 26.3 Å². The number of rotatable bonds is 3. The zero-order valence-electron chi connectivity index (χ0n) is 14.5. The van der Waals surface area contributed by atoms with Crippen LogP contribution in [0.3, 0.4) is 0 Å². The summed E-state index contributed by atoms with van der Waals surface area (Å²) in [6.45, 7) is 0. The fraction of sp³-hybridized carbons (Fsp3) is 0.250. The standard InChI is InChI=1S/C20H14Cl3F3O2/c1-28-18(27)16-3-2-11(6-17(16)23)12-4-5-19(10-12,20(24,25)26)13-7-14(21)9-15(22)8-13/h2-3,6-10H,4-5H2,1H3. The number of methoxy groups -OCH3 is 1. The van der Waals surface area contributed by atoms with Crippen LogP contribution in [0.25, 0.3) is 5.57 Å². The normalized spacial score (nSPS) is 19.5. The highest BCUT2D eigenvalue weighted by molar-refractivity contribution is 6.35. The summed E-state index contributed by atoms with van der Waals surface area (Å²) in [6, 6.07) is 8.43. The largest absolute Gasteiger partial charge is 0.465 e. The second-order valence-corrected chi connectivity index (χ2v) is 7.76. The highest BCUT2D eigenvalue weighted by Crippen LogP contribution is 2.53. The molecule has 2 aromatic rings. The molecule has 0 spiro atoms. The quantitative estimate of drug-likeness (QED) is 0.467. The van der Waals surface area contributed by atoms with E-state index in [1.165, 1.54) is 43.5 Å². The molecule has 0 aliphatic heterocycles. The molecule has 0 amide bonds. The molecule has 2 aromatic carbocycles. The predicted octanol–water partition coefficient (Wildman–Crippen LogP) is 7.11. The maximum atomic E-state index is 14.1. The van der Waals surface area contributed by atoms with Gasteiger partial charge in [-0.25, -0.2) is 4.79 Å². The van der Waals surface area contributed by atoms with Crippen LogP contribution in [0.1, 0.15) is 34.3 Å². The van der Waals surface area contributed by atoms with Gasteiger partial charge in [0.2, 0.25) is 0 Å². The van der Waals surface area contributed by atoms with Gasteiger partial charge < -0.3 is 4.74 Å². The summed E-state index contributed by atoms with van der Waals surface area (Å²) < 4.78 is 47.0. The number of halogens is 6. The van der Waals surface area contributed by atoms with Gasteiger partial charge in [-0.1, -0.05) is 46.9 Å². The Labute approximate surface area is 174 Å². The molecule has 1 aliphatic carbocycles. The van der Waals surface area contributed by atoms with Crippen LogP contribution >= 0.6 is 34.8 Å². The van der Waals surface area contributed by atoms with E-state index in [9.17, 15) is 18.0 Å². The van der Waals surface area contributed by atoms with E-state index in [2.05, 4.69) is 4.74 Å². The van der Waals surface area contributed by atoms with E-state index >= 15 is 0 Å². The summed E-state index contributed by atoms with van der Waals surface area (Å²) in [5, 5.41) is 0.387. The van der Waals surface area contributed by atoms with E-state index in [0.717, 1.165) is 0 Å². The maximum Gasteiger partial charge on any atom is 0.401 e. The number of ether oxygens (including phenoxy) is 1. The van der Waals surface area contributed by atoms with Gasteiger partial charge in [-0.15, -0.1) is 0 Å². The summed E-state index contributed by atoms with van der Waals surface area (Å²) >= 11 is 18.0. The molecule has 0 aromatic heterocycles. The number of hydrogen-bond donors (Lipinski definition) is 0. The van der Waals surface area contributed by atoms with Crippen molar-refractivity contribution in [2.75, 3.05) is 7.11 Å². The van der Waals surface area contributed by atoms with Crippen molar-refractivity contribution < 1.29 is 22.7 Å². The van der Waals surface area contributed by atoms with Gasteiger partial charge in [0.25, 0.3) is 0 Å². The minimum atomic E-state index is -4.54. The summed E-state index contributed by atoms with van der Waals surface area (Å²) in [5.74, 6) is -0.616. The van der Waals surface area contributed by atoms with E-state index in [1.54, 1.807) is 6.07 Å². The second-order valence-electron chi connectivity index (χ2n) is 6.48. The van der Waals surface area contributed by atoms with E-state index in [-0.39, 0.29) is 39.0 Å². The first kappa shape index (κ1) is 21.0. The average Bonchev–Trinajstić information content (AvgIpc) is 3.07. The SMILES string of the molecule is COC(=O)c1ccc(C2=CC(c3cc(Cl)cc(Cl)c3)(C(F)(F)F)CC2)cc1Cl. The lowest BCUT2D eigenvalue weighted by atomic mass is 9.79. The molecule has 1 atom stereocenters. The molecular formula is C20H14Cl3F3O2. The highest BCUT2D eigenvalue weighted by Gasteiger charge is 2.56. The predicted molar refractivity (Wildman–Crippen MR) is 104 cm³/mol. The zero-order chi connectivity index (χ0) is 20.7. The minimum Gasteiger partial charge on any atom is -0.465 e. The Balaban J connectivity index is 2.10. The first-order valence-electron chi connectivity index (χ1n) is 8.20. The van der Waals surface area contributed by atoms with Gasteiger partial charge in [-0.2, -0.15) is 13.2 Å². The van der Waals surface area contributed by atoms with Gasteiger partial charge in [0.15, 0.2) is 0 Å². The third-order valence-electron chi connectivity index (χ3n) is 4.84. The van der Waals surface area contributed by atoms with Gasteiger partial charge in [-0.3, -0.25) is 0 Å². The molecule has 0 N–H and O–H groups in total. The summed E-state index contributed by atoms with van der Waals surface area (Å²) in [7, 11) is 1.22. The molecular weight excluding hydrogens is 436 g/mol. The molecule has 28 heavy (non-hydrogen) atoms. The van der Waals surface area contributed by atoms with Crippen LogP contribution in [0, 0.1) is 0 Å². The Bertz CT molecular complexity index is 949. The van der Waals surface area contributed by atoms with Crippen molar-refractivity contribution in [3.05, 3.63) is 74.2 Å². The molecule has 0 saturated heterocycles. The molecule has 0 saturated carbocycles. The number of carbonyl (C=O) groups excluding carboxylic acids is 1. The van der Waals surface area contributed by atoms with Crippen LogP contribution in [0.4, 0.5) is 13.2 Å². The molecule has 148 valence electrons. The Morgan fingerprint density at radius 1 is 1.07 bits per heavy atom. The van der Waals surface area contributed by atoms with Crippen molar-refractivity contribution >= 4 is 46.3 Å². The van der Waals surface area contributed by atoms with Gasteiger partial charge in [0.1, 0.15) is 5.41 Å². The number of allylic oxidation sites excluding steroid dienone is 2.